The lowest BCUT2D eigenvalue weighted by molar-refractivity contribution is 0.415. The van der Waals surface area contributed by atoms with E-state index in [9.17, 15) is 0 Å². The molecule has 0 saturated heterocycles. The van der Waals surface area contributed by atoms with Crippen LogP contribution in [0.1, 0.15) is 0 Å². The Morgan fingerprint density at radius 1 is 1.15 bits per heavy atom. The normalized spacial score (nSPS) is 10.9. The second kappa shape index (κ2) is 4.89. The molecule has 0 amide bonds. The number of nitrogen functional groups attached to an aromatic ring is 1. The molecule has 4 nitrogen and oxygen atoms in total. The van der Waals surface area contributed by atoms with Crippen LogP contribution in [0, 0.1) is 0 Å². The Morgan fingerprint density at radius 2 is 1.95 bits per heavy atom. The number of fused-ring (bicyclic) bond motifs is 1. The number of halogens is 2. The molecule has 102 valence electrons. The summed E-state index contributed by atoms with van der Waals surface area (Å²) in [5.74, 6) is 0.964. The number of hydrogen-bond donors (Lipinski definition) is 1. The Morgan fingerprint density at radius 3 is 2.70 bits per heavy atom. The summed E-state index contributed by atoms with van der Waals surface area (Å²) < 4.78 is 7.05. The van der Waals surface area contributed by atoms with E-state index < -0.39 is 0 Å². The van der Waals surface area contributed by atoms with Gasteiger partial charge >= 0.3 is 0 Å². The monoisotopic (exact) mass is 307 g/mol. The zero-order valence-corrected chi connectivity index (χ0v) is 12.1. The van der Waals surface area contributed by atoms with Crippen molar-refractivity contribution in [3.8, 4) is 11.4 Å². The predicted octanol–water partition coefficient (Wildman–Crippen LogP) is 3.92. The molecule has 0 aliphatic rings. The van der Waals surface area contributed by atoms with E-state index in [1.54, 1.807) is 25.3 Å². The summed E-state index contributed by atoms with van der Waals surface area (Å²) in [4.78, 5) is 4.31. The molecule has 3 aromatic rings. The van der Waals surface area contributed by atoms with E-state index in [4.69, 9.17) is 33.7 Å². The van der Waals surface area contributed by atoms with Gasteiger partial charge in [-0.3, -0.25) is 4.57 Å². The maximum atomic E-state index is 6.04. The molecule has 2 N–H and O–H groups in total. The molecular weight excluding hydrogens is 297 g/mol. The highest BCUT2D eigenvalue weighted by Gasteiger charge is 2.12. The number of rotatable bonds is 2. The Labute approximate surface area is 125 Å². The fraction of sp³-hybridized carbons (Fsp3) is 0.0714. The molecule has 20 heavy (non-hydrogen) atoms. The average molecular weight is 308 g/mol. The number of nitrogens with zero attached hydrogens (tertiary/aromatic N) is 2. The van der Waals surface area contributed by atoms with Gasteiger partial charge in [-0.25, -0.2) is 4.98 Å². The topological polar surface area (TPSA) is 53.1 Å². The standard InChI is InChI=1S/C14H11Cl2N3O/c1-20-13-7-9(3-4-10(13)16)19-12-5-2-8(15)6-11(12)18-14(19)17/h2-7H,1H3,(H2,17,18). The van der Waals surface area contributed by atoms with Crippen molar-refractivity contribution < 1.29 is 4.74 Å². The molecule has 0 radical (unpaired) electrons. The number of hydrogen-bond acceptors (Lipinski definition) is 3. The van der Waals surface area contributed by atoms with Gasteiger partial charge in [-0.05, 0) is 30.3 Å². The van der Waals surface area contributed by atoms with Crippen LogP contribution in [0.15, 0.2) is 36.4 Å². The summed E-state index contributed by atoms with van der Waals surface area (Å²) in [6, 6.07) is 10.9. The van der Waals surface area contributed by atoms with Crippen molar-refractivity contribution in [3.63, 3.8) is 0 Å². The van der Waals surface area contributed by atoms with E-state index >= 15 is 0 Å². The van der Waals surface area contributed by atoms with Gasteiger partial charge in [0.05, 0.1) is 28.9 Å². The summed E-state index contributed by atoms with van der Waals surface area (Å²) in [5.41, 5.74) is 8.44. The second-order valence-corrected chi connectivity index (χ2v) is 5.10. The third-order valence-electron chi connectivity index (χ3n) is 3.04. The Kier molecular flexibility index (Phi) is 3.20. The van der Waals surface area contributed by atoms with Crippen molar-refractivity contribution in [1.82, 2.24) is 9.55 Å². The maximum absolute atomic E-state index is 6.04. The van der Waals surface area contributed by atoms with Crippen LogP contribution in [0.2, 0.25) is 10.0 Å². The number of ether oxygens (including phenoxy) is 1. The molecule has 0 spiro atoms. The summed E-state index contributed by atoms with van der Waals surface area (Å²) in [7, 11) is 1.57. The lowest BCUT2D eigenvalue weighted by Crippen LogP contribution is -2.01. The summed E-state index contributed by atoms with van der Waals surface area (Å²) in [6.07, 6.45) is 0. The van der Waals surface area contributed by atoms with E-state index in [2.05, 4.69) is 4.98 Å². The quantitative estimate of drug-likeness (QED) is 0.780. The van der Waals surface area contributed by atoms with Crippen molar-refractivity contribution in [2.24, 2.45) is 0 Å². The maximum Gasteiger partial charge on any atom is 0.205 e. The van der Waals surface area contributed by atoms with Gasteiger partial charge in [-0.2, -0.15) is 0 Å². The third-order valence-corrected chi connectivity index (χ3v) is 3.58. The molecule has 0 aliphatic heterocycles. The van der Waals surface area contributed by atoms with Crippen molar-refractivity contribution >= 4 is 40.2 Å². The minimum absolute atomic E-state index is 0.381. The molecule has 0 aliphatic carbocycles. The number of nitrogens with two attached hydrogens (primary N) is 1. The van der Waals surface area contributed by atoms with Crippen molar-refractivity contribution in [2.75, 3.05) is 12.8 Å². The van der Waals surface area contributed by atoms with Crippen molar-refractivity contribution in [2.45, 2.75) is 0 Å². The molecule has 0 unspecified atom stereocenters. The first-order valence-electron chi connectivity index (χ1n) is 5.87. The van der Waals surface area contributed by atoms with Gasteiger partial charge in [-0.15, -0.1) is 0 Å². The smallest absolute Gasteiger partial charge is 0.205 e. The van der Waals surface area contributed by atoms with Gasteiger partial charge in [0.1, 0.15) is 5.75 Å². The number of methoxy groups -OCH3 is 1. The minimum atomic E-state index is 0.381. The lowest BCUT2D eigenvalue weighted by atomic mass is 10.2. The molecule has 3 rings (SSSR count). The zero-order chi connectivity index (χ0) is 14.3. The van der Waals surface area contributed by atoms with Gasteiger partial charge in [0.2, 0.25) is 5.95 Å². The zero-order valence-electron chi connectivity index (χ0n) is 10.6. The number of imidazole rings is 1. The summed E-state index contributed by atoms with van der Waals surface area (Å²) in [6.45, 7) is 0. The largest absolute Gasteiger partial charge is 0.495 e. The molecule has 2 aromatic carbocycles. The van der Waals surface area contributed by atoms with Gasteiger partial charge in [0.15, 0.2) is 0 Å². The van der Waals surface area contributed by atoms with E-state index in [1.807, 2.05) is 22.8 Å². The Hall–Kier alpha value is -1.91. The van der Waals surface area contributed by atoms with Crippen LogP contribution in [-0.4, -0.2) is 16.7 Å². The van der Waals surface area contributed by atoms with Crippen molar-refractivity contribution in [1.29, 1.82) is 0 Å². The first kappa shape index (κ1) is 13.1. The summed E-state index contributed by atoms with van der Waals surface area (Å²) in [5, 5.41) is 1.16. The van der Waals surface area contributed by atoms with E-state index in [0.717, 1.165) is 16.7 Å². The molecule has 0 saturated carbocycles. The van der Waals surface area contributed by atoms with Gasteiger partial charge in [0.25, 0.3) is 0 Å². The van der Waals surface area contributed by atoms with Crippen LogP contribution in [0.25, 0.3) is 16.7 Å². The third kappa shape index (κ3) is 2.07. The van der Waals surface area contributed by atoms with Crippen LogP contribution in [0.3, 0.4) is 0 Å². The molecule has 1 heterocycles. The first-order valence-corrected chi connectivity index (χ1v) is 6.63. The number of benzene rings is 2. The fourth-order valence-corrected chi connectivity index (χ4v) is 2.49. The number of anilines is 1. The Balaban J connectivity index is 2.26. The molecule has 6 heteroatoms. The highest BCUT2D eigenvalue weighted by molar-refractivity contribution is 6.32. The second-order valence-electron chi connectivity index (χ2n) is 4.26. The molecular formula is C14H11Cl2N3O. The number of aromatic nitrogens is 2. The minimum Gasteiger partial charge on any atom is -0.495 e. The molecule has 0 atom stereocenters. The molecule has 0 bridgehead atoms. The van der Waals surface area contributed by atoms with Gasteiger partial charge < -0.3 is 10.5 Å². The van der Waals surface area contributed by atoms with E-state index in [1.165, 1.54) is 0 Å². The molecule has 1 aromatic heterocycles. The molecule has 0 fully saturated rings. The van der Waals surface area contributed by atoms with E-state index in [-0.39, 0.29) is 0 Å². The van der Waals surface area contributed by atoms with Crippen LogP contribution < -0.4 is 10.5 Å². The highest BCUT2D eigenvalue weighted by Crippen LogP contribution is 2.30. The average Bonchev–Trinajstić information content (AvgIpc) is 2.74. The Bertz CT molecular complexity index is 798. The first-order chi connectivity index (χ1) is 9.60. The van der Waals surface area contributed by atoms with E-state index in [0.29, 0.717) is 21.7 Å². The van der Waals surface area contributed by atoms with Crippen LogP contribution in [-0.2, 0) is 0 Å². The highest BCUT2D eigenvalue weighted by atomic mass is 35.5. The fourth-order valence-electron chi connectivity index (χ4n) is 2.13. The predicted molar refractivity (Wildman–Crippen MR) is 82.1 cm³/mol. The summed E-state index contributed by atoms with van der Waals surface area (Å²) >= 11 is 12.0. The van der Waals surface area contributed by atoms with Crippen LogP contribution >= 0.6 is 23.2 Å². The SMILES string of the molecule is COc1cc(-n2c(N)nc3cc(Cl)ccc32)ccc1Cl. The van der Waals surface area contributed by atoms with Crippen molar-refractivity contribution in [3.05, 3.63) is 46.4 Å². The van der Waals surface area contributed by atoms with Gasteiger partial charge in [0, 0.05) is 11.1 Å². The lowest BCUT2D eigenvalue weighted by Gasteiger charge is -2.09. The van der Waals surface area contributed by atoms with Gasteiger partial charge in [-0.1, -0.05) is 23.2 Å². The van der Waals surface area contributed by atoms with Crippen LogP contribution in [0.4, 0.5) is 5.95 Å². The van der Waals surface area contributed by atoms with Crippen LogP contribution in [0.5, 0.6) is 5.75 Å².